The molecule has 0 aliphatic rings. The maximum atomic E-state index is 14.6. The van der Waals surface area contributed by atoms with Gasteiger partial charge in [-0.2, -0.15) is 0 Å². The zero-order valence-corrected chi connectivity index (χ0v) is 16.2. The van der Waals surface area contributed by atoms with Gasteiger partial charge in [0.1, 0.15) is 11.3 Å². The predicted molar refractivity (Wildman–Crippen MR) is 109 cm³/mol. The highest BCUT2D eigenvalue weighted by Crippen LogP contribution is 2.24. The Balaban J connectivity index is 1.63. The molecule has 1 N–H and O–H groups in total. The lowest BCUT2D eigenvalue weighted by molar-refractivity contribution is 0.102. The highest BCUT2D eigenvalue weighted by molar-refractivity contribution is 6.04. The summed E-state index contributed by atoms with van der Waals surface area (Å²) in [5, 5.41) is 2.58. The van der Waals surface area contributed by atoms with E-state index in [1.54, 1.807) is 37.5 Å². The Hall–Kier alpha value is -3.74. The molecule has 144 valence electrons. The molecule has 1 aromatic carbocycles. The molecular formula is C22H18FN5O. The molecule has 0 fully saturated rings. The van der Waals surface area contributed by atoms with Crippen LogP contribution in [0.2, 0.25) is 0 Å². The molecule has 0 atom stereocenters. The van der Waals surface area contributed by atoms with Crippen molar-refractivity contribution >= 4 is 22.6 Å². The number of fused-ring (bicyclic) bond motifs is 1. The number of hydrogen-bond acceptors (Lipinski definition) is 5. The van der Waals surface area contributed by atoms with E-state index in [-0.39, 0.29) is 5.69 Å². The Morgan fingerprint density at radius 3 is 2.55 bits per heavy atom. The van der Waals surface area contributed by atoms with Crippen LogP contribution in [-0.4, -0.2) is 25.8 Å². The van der Waals surface area contributed by atoms with Crippen molar-refractivity contribution in [3.8, 4) is 11.4 Å². The summed E-state index contributed by atoms with van der Waals surface area (Å²) in [5.74, 6) is -0.571. The van der Waals surface area contributed by atoms with Gasteiger partial charge < -0.3 is 5.32 Å². The molecule has 7 heteroatoms. The summed E-state index contributed by atoms with van der Waals surface area (Å²) in [6.07, 6.45) is 3.18. The molecule has 0 radical (unpaired) electrons. The standard InChI is InChI=1S/C22H18FN5O/c1-12-8-14(3)26-19-11-25-21(28-20(12)19)15-4-5-18(17(23)10-15)27-22(29)16-6-7-24-13(2)9-16/h4-11H,1-3H3,(H,27,29). The number of carbonyl (C=O) groups excluding carboxylic acids is 1. The molecule has 4 rings (SSSR count). The lowest BCUT2D eigenvalue weighted by atomic mass is 10.1. The number of hydrogen-bond donors (Lipinski definition) is 1. The second kappa shape index (κ2) is 7.35. The van der Waals surface area contributed by atoms with Crippen LogP contribution in [0, 0.1) is 26.6 Å². The fraction of sp³-hybridized carbons (Fsp3) is 0.136. The average molecular weight is 387 g/mol. The molecule has 0 saturated heterocycles. The van der Waals surface area contributed by atoms with Crippen LogP contribution in [0.4, 0.5) is 10.1 Å². The number of aryl methyl sites for hydroxylation is 3. The first-order valence-corrected chi connectivity index (χ1v) is 9.05. The SMILES string of the molecule is Cc1cc(C(=O)Nc2ccc(-c3ncc4nc(C)cc(C)c4n3)cc2F)ccn1. The van der Waals surface area contributed by atoms with Crippen molar-refractivity contribution in [1.29, 1.82) is 0 Å². The quantitative estimate of drug-likeness (QED) is 0.563. The van der Waals surface area contributed by atoms with Crippen LogP contribution >= 0.6 is 0 Å². The lowest BCUT2D eigenvalue weighted by Gasteiger charge is -2.09. The van der Waals surface area contributed by atoms with Crippen LogP contribution in [0.5, 0.6) is 0 Å². The van der Waals surface area contributed by atoms with E-state index in [9.17, 15) is 9.18 Å². The van der Waals surface area contributed by atoms with E-state index in [0.29, 0.717) is 28.2 Å². The summed E-state index contributed by atoms with van der Waals surface area (Å²) in [6, 6.07) is 9.65. The molecule has 3 heterocycles. The molecule has 1 amide bonds. The lowest BCUT2D eigenvalue weighted by Crippen LogP contribution is -2.13. The number of nitrogens with one attached hydrogen (secondary N) is 1. The molecular weight excluding hydrogens is 369 g/mol. The van der Waals surface area contributed by atoms with Crippen molar-refractivity contribution < 1.29 is 9.18 Å². The van der Waals surface area contributed by atoms with E-state index in [2.05, 4.69) is 25.3 Å². The van der Waals surface area contributed by atoms with Crippen LogP contribution in [0.15, 0.2) is 48.8 Å². The van der Waals surface area contributed by atoms with Crippen LogP contribution in [0.3, 0.4) is 0 Å². The third-order valence-corrected chi connectivity index (χ3v) is 4.50. The number of amides is 1. The Bertz CT molecular complexity index is 1260. The number of anilines is 1. The summed E-state index contributed by atoms with van der Waals surface area (Å²) in [5.41, 5.74) is 5.02. The van der Waals surface area contributed by atoms with Crippen molar-refractivity contribution in [2.45, 2.75) is 20.8 Å². The Morgan fingerprint density at radius 1 is 0.966 bits per heavy atom. The van der Waals surface area contributed by atoms with E-state index in [4.69, 9.17) is 0 Å². The topological polar surface area (TPSA) is 80.7 Å². The van der Waals surface area contributed by atoms with Gasteiger partial charge in [0, 0.05) is 28.7 Å². The first-order valence-electron chi connectivity index (χ1n) is 9.05. The normalized spacial score (nSPS) is 10.9. The van der Waals surface area contributed by atoms with Crippen LogP contribution in [0.1, 0.15) is 27.3 Å². The number of halogens is 1. The Morgan fingerprint density at radius 2 is 1.79 bits per heavy atom. The highest BCUT2D eigenvalue weighted by Gasteiger charge is 2.13. The van der Waals surface area contributed by atoms with Crippen LogP contribution in [-0.2, 0) is 0 Å². The van der Waals surface area contributed by atoms with E-state index < -0.39 is 11.7 Å². The molecule has 0 aliphatic heterocycles. The van der Waals surface area contributed by atoms with Gasteiger partial charge in [0.05, 0.1) is 17.4 Å². The molecule has 3 aromatic heterocycles. The monoisotopic (exact) mass is 387 g/mol. The number of benzene rings is 1. The van der Waals surface area contributed by atoms with Gasteiger partial charge >= 0.3 is 0 Å². The van der Waals surface area contributed by atoms with Gasteiger partial charge in [0.15, 0.2) is 5.82 Å². The van der Waals surface area contributed by atoms with Gasteiger partial charge in [0.25, 0.3) is 5.91 Å². The van der Waals surface area contributed by atoms with Crippen molar-refractivity contribution in [2.24, 2.45) is 0 Å². The second-order valence-corrected chi connectivity index (χ2v) is 6.84. The minimum atomic E-state index is -0.566. The van der Waals surface area contributed by atoms with E-state index >= 15 is 0 Å². The first-order chi connectivity index (χ1) is 13.9. The van der Waals surface area contributed by atoms with Gasteiger partial charge in [-0.3, -0.25) is 9.78 Å². The molecule has 4 aromatic rings. The van der Waals surface area contributed by atoms with Gasteiger partial charge in [-0.1, -0.05) is 0 Å². The zero-order chi connectivity index (χ0) is 20.5. The summed E-state index contributed by atoms with van der Waals surface area (Å²) in [6.45, 7) is 5.65. The molecule has 0 saturated carbocycles. The van der Waals surface area contributed by atoms with Crippen molar-refractivity contribution in [1.82, 2.24) is 19.9 Å². The smallest absolute Gasteiger partial charge is 0.255 e. The zero-order valence-electron chi connectivity index (χ0n) is 16.2. The maximum Gasteiger partial charge on any atom is 0.255 e. The van der Waals surface area contributed by atoms with Crippen molar-refractivity contribution in [2.75, 3.05) is 5.32 Å². The van der Waals surface area contributed by atoms with E-state index in [1.165, 1.54) is 12.1 Å². The second-order valence-electron chi connectivity index (χ2n) is 6.84. The molecule has 6 nitrogen and oxygen atoms in total. The minimum absolute atomic E-state index is 0.0856. The van der Waals surface area contributed by atoms with Gasteiger partial charge in [-0.25, -0.2) is 19.3 Å². The molecule has 29 heavy (non-hydrogen) atoms. The summed E-state index contributed by atoms with van der Waals surface area (Å²) in [7, 11) is 0. The number of rotatable bonds is 3. The molecule has 0 bridgehead atoms. The number of nitrogens with zero attached hydrogens (tertiary/aromatic N) is 4. The first kappa shape index (κ1) is 18.6. The molecule has 0 spiro atoms. The fourth-order valence-corrected chi connectivity index (χ4v) is 3.13. The van der Waals surface area contributed by atoms with Gasteiger partial charge in [-0.05, 0) is 62.7 Å². The summed E-state index contributed by atoms with van der Waals surface area (Å²) >= 11 is 0. The van der Waals surface area contributed by atoms with E-state index in [1.807, 2.05) is 19.9 Å². The fourth-order valence-electron chi connectivity index (χ4n) is 3.13. The third kappa shape index (κ3) is 3.80. The average Bonchev–Trinajstić information content (AvgIpc) is 2.69. The summed E-state index contributed by atoms with van der Waals surface area (Å²) < 4.78 is 14.6. The van der Waals surface area contributed by atoms with Gasteiger partial charge in [-0.15, -0.1) is 0 Å². The number of pyridine rings is 2. The van der Waals surface area contributed by atoms with Gasteiger partial charge in [0.2, 0.25) is 0 Å². The summed E-state index contributed by atoms with van der Waals surface area (Å²) in [4.78, 5) is 29.7. The Kier molecular flexibility index (Phi) is 4.72. The van der Waals surface area contributed by atoms with E-state index in [0.717, 1.165) is 16.8 Å². The Labute approximate surface area is 166 Å². The third-order valence-electron chi connectivity index (χ3n) is 4.50. The van der Waals surface area contributed by atoms with Crippen LogP contribution < -0.4 is 5.32 Å². The largest absolute Gasteiger partial charge is 0.319 e. The van der Waals surface area contributed by atoms with Crippen molar-refractivity contribution in [3.63, 3.8) is 0 Å². The highest BCUT2D eigenvalue weighted by atomic mass is 19.1. The molecule has 0 unspecified atom stereocenters. The predicted octanol–water partition coefficient (Wildman–Crippen LogP) is 4.40. The van der Waals surface area contributed by atoms with Crippen molar-refractivity contribution in [3.05, 3.63) is 77.1 Å². The maximum absolute atomic E-state index is 14.6. The van der Waals surface area contributed by atoms with Crippen LogP contribution in [0.25, 0.3) is 22.4 Å². The molecule has 0 aliphatic carbocycles. The number of aromatic nitrogens is 4. The number of carbonyl (C=O) groups is 1. The minimum Gasteiger partial charge on any atom is -0.319 e.